The van der Waals surface area contributed by atoms with Gasteiger partial charge in [0.15, 0.2) is 11.9 Å². The number of nitrogens with zero attached hydrogens (tertiary/aromatic N) is 1. The number of epoxide rings is 1. The lowest BCUT2D eigenvalue weighted by atomic mass is 9.29. The predicted octanol–water partition coefficient (Wildman–Crippen LogP) is 12.1. The average Bonchev–Trinajstić information content (AvgIpc) is 1.41. The number of aliphatic hydroxyl groups excluding tert-OH is 3. The molecule has 22 rings (SSSR count). The van der Waals surface area contributed by atoms with Gasteiger partial charge in [-0.2, -0.15) is 0 Å². The summed E-state index contributed by atoms with van der Waals surface area (Å²) in [5.74, 6) is 0.0890. The molecule has 508 valence electrons. The Hall–Kier alpha value is -4.63. The minimum absolute atomic E-state index is 0.0500. The second kappa shape index (κ2) is 19.7. The largest absolute Gasteiger partial charge is 0.469 e. The fourth-order valence-corrected chi connectivity index (χ4v) is 32.1. The molecule has 2 aromatic rings. The highest BCUT2D eigenvalue weighted by molar-refractivity contribution is 5.94. The number of hydrogen-bond acceptors (Lipinski definition) is 13. The number of fused-ring (bicyclic) bond motifs is 6. The zero-order valence-electron chi connectivity index (χ0n) is 56.2. The number of benzene rings is 1. The van der Waals surface area contributed by atoms with Gasteiger partial charge in [-0.3, -0.25) is 14.9 Å². The molecule has 4 N–H and O–H groups in total. The van der Waals surface area contributed by atoms with E-state index < -0.39 is 86.6 Å². The highest BCUT2D eigenvalue weighted by Gasteiger charge is 3.00. The zero-order chi connectivity index (χ0) is 64.0. The lowest BCUT2D eigenvalue weighted by Crippen LogP contribution is -2.82. The summed E-state index contributed by atoms with van der Waals surface area (Å²) < 4.78 is 38.3. The van der Waals surface area contributed by atoms with Crippen LogP contribution in [0.25, 0.3) is 0 Å². The molecule has 1 aromatic heterocycles. The molecule has 7 aliphatic heterocycles. The molecular formula is C83H100N2O11. The normalized spacial score (nSPS) is 53.3. The third kappa shape index (κ3) is 6.72. The van der Waals surface area contributed by atoms with Crippen LogP contribution < -0.4 is 5.32 Å². The zero-order valence-corrected chi connectivity index (χ0v) is 56.2. The molecule has 0 radical (unpaired) electrons. The number of furan rings is 1. The molecule has 13 heteroatoms. The Bertz CT molecular complexity index is 3830. The van der Waals surface area contributed by atoms with Crippen molar-refractivity contribution in [2.24, 2.45) is 133 Å². The van der Waals surface area contributed by atoms with E-state index in [4.69, 9.17) is 23.4 Å². The van der Waals surface area contributed by atoms with Crippen molar-refractivity contribution in [1.29, 1.82) is 0 Å². The first-order valence-corrected chi connectivity index (χ1v) is 39.0. The predicted molar refractivity (Wildman–Crippen MR) is 354 cm³/mol. The molecule has 0 unspecified atom stereocenters. The maximum absolute atomic E-state index is 18.4. The van der Waals surface area contributed by atoms with Crippen molar-refractivity contribution in [3.8, 4) is 0 Å². The van der Waals surface area contributed by atoms with E-state index in [0.717, 1.165) is 122 Å². The fourth-order valence-electron chi connectivity index (χ4n) is 32.1. The van der Waals surface area contributed by atoms with Gasteiger partial charge in [0.2, 0.25) is 0 Å². The maximum Gasteiger partial charge on any atom is 0.339 e. The third-order valence-electron chi connectivity index (χ3n) is 34.4. The molecule has 15 fully saturated rings. The van der Waals surface area contributed by atoms with Crippen LogP contribution in [0.2, 0.25) is 0 Å². The van der Waals surface area contributed by atoms with Gasteiger partial charge in [-0.1, -0.05) is 118 Å². The molecule has 10 saturated carbocycles. The van der Waals surface area contributed by atoms with Gasteiger partial charge >= 0.3 is 11.9 Å². The molecule has 13 aliphatic carbocycles. The molecule has 8 heterocycles. The number of allylic oxidation sites excluding steroid dienone is 6. The molecule has 7 bridgehead atoms. The highest BCUT2D eigenvalue weighted by Crippen LogP contribution is 2.93. The van der Waals surface area contributed by atoms with Gasteiger partial charge in [-0.05, 0) is 226 Å². The molecule has 0 amide bonds. The summed E-state index contributed by atoms with van der Waals surface area (Å²) in [6, 6.07) is 13.3. The van der Waals surface area contributed by atoms with Gasteiger partial charge in [-0.25, -0.2) is 4.79 Å². The molecule has 1 aromatic carbocycles. The Kier molecular flexibility index (Phi) is 12.1. The van der Waals surface area contributed by atoms with Crippen LogP contribution in [0.4, 0.5) is 0 Å². The highest BCUT2D eigenvalue weighted by atomic mass is 16.7. The van der Waals surface area contributed by atoms with E-state index in [-0.39, 0.29) is 89.1 Å². The van der Waals surface area contributed by atoms with Crippen molar-refractivity contribution in [3.63, 3.8) is 0 Å². The number of Topliss-reactive ketones (excluding diaryl/α,β-unsaturated/α-hetero) is 1. The average molecular weight is 1300 g/mol. The Morgan fingerprint density at radius 3 is 2.59 bits per heavy atom. The number of nitrogens with one attached hydrogen (secondary N) is 1. The number of ketones is 1. The first kappa shape index (κ1) is 59.1. The van der Waals surface area contributed by atoms with Crippen LogP contribution in [-0.2, 0) is 46.2 Å². The maximum atomic E-state index is 18.4. The summed E-state index contributed by atoms with van der Waals surface area (Å²) in [4.78, 5) is 53.5. The second-order valence-electron chi connectivity index (χ2n) is 37.0. The van der Waals surface area contributed by atoms with Gasteiger partial charge in [-0.15, -0.1) is 0 Å². The molecule has 7 spiro atoms. The summed E-state index contributed by atoms with van der Waals surface area (Å²) in [6.07, 6.45) is 40.8. The van der Waals surface area contributed by atoms with E-state index in [2.05, 4.69) is 96.2 Å². The number of cyclic esters (lactones) is 2. The van der Waals surface area contributed by atoms with Gasteiger partial charge in [0.1, 0.15) is 35.8 Å². The number of carbonyl (C=O) groups excluding carboxylic acids is 3. The fraction of sp³-hybridized carbons (Fsp3) is 0.723. The summed E-state index contributed by atoms with van der Waals surface area (Å²) >= 11 is 0. The van der Waals surface area contributed by atoms with Gasteiger partial charge in [0.05, 0.1) is 48.5 Å². The number of aliphatic hydroxyl groups is 3. The lowest BCUT2D eigenvalue weighted by Gasteiger charge is -2.73. The quantitative estimate of drug-likeness (QED) is 0.106. The van der Waals surface area contributed by atoms with Gasteiger partial charge in [0.25, 0.3) is 0 Å². The first-order valence-electron chi connectivity index (χ1n) is 39.0. The smallest absolute Gasteiger partial charge is 0.339 e. The summed E-state index contributed by atoms with van der Waals surface area (Å²) in [6.45, 7) is 3.85. The van der Waals surface area contributed by atoms with E-state index in [1.165, 1.54) is 55.2 Å². The standard InChI is InChI=1S/C83H100N2O11/c1-75-37-51-38-77-42-76(25-7-8-26-76)39-55(77)33-54-35-65-78-27-22-47-13-5-6-15-56(47)60(78)21-18-48-16-19-53(34-61(48)78)81(65)68-66(88)70(89)80(52-14-9-12-46(31-52)30-45-10-3-2-4-11-45,67(51)79(68)43-93-73(90)69(77)82(54,79)96-81)83(75)72(95-83)74(91)94-71(75)58-24-29-92-64(58)36-59(63(87)41-86)49-17-20-57-50(32-49)23-28-85-44-84-40-62(57)85/h2-4,10-11,16,18-19,22-24,27-29,35,46-47,49-53,55-57,59-63,65,67-72,84,86-87,89H,5-9,12-15,17,20-21,25-26,30-34,36-44H2,1H3/t46-,47+,49-,50+,51+,52-,53+,55-,56+,57-,59-,60+,61+,62-,63+,65+,67+,68-,69-,70+,71-,72+,75-,77+,78-,79+,80-,81-,82-,83+/m0/s1. The van der Waals surface area contributed by atoms with E-state index in [9.17, 15) is 10.2 Å². The molecule has 30 atom stereocenters. The van der Waals surface area contributed by atoms with Gasteiger partial charge < -0.3 is 43.6 Å². The Balaban J connectivity index is 0.763. The van der Waals surface area contributed by atoms with E-state index >= 15 is 19.5 Å². The van der Waals surface area contributed by atoms with Crippen molar-refractivity contribution in [3.05, 3.63) is 119 Å². The molecular weight excluding hydrogens is 1200 g/mol. The van der Waals surface area contributed by atoms with Crippen molar-refractivity contribution < 1.29 is 53.1 Å². The van der Waals surface area contributed by atoms with Crippen LogP contribution >= 0.6 is 0 Å². The molecule has 5 saturated heterocycles. The van der Waals surface area contributed by atoms with Crippen molar-refractivity contribution in [2.75, 3.05) is 26.4 Å². The number of rotatable bonds is 9. The van der Waals surface area contributed by atoms with Gasteiger partial charge in [0, 0.05) is 52.7 Å². The number of carbonyl (C=O) groups is 3. The minimum atomic E-state index is -1.53. The van der Waals surface area contributed by atoms with Crippen LogP contribution in [0.3, 0.4) is 0 Å². The first-order chi connectivity index (χ1) is 46.7. The number of esters is 2. The Morgan fingerprint density at radius 2 is 1.72 bits per heavy atom. The van der Waals surface area contributed by atoms with E-state index in [1.54, 1.807) is 6.26 Å². The molecule has 13 nitrogen and oxygen atoms in total. The number of ether oxygens (including phenoxy) is 4. The van der Waals surface area contributed by atoms with E-state index in [0.29, 0.717) is 54.2 Å². The molecule has 20 aliphatic rings. The van der Waals surface area contributed by atoms with Crippen LogP contribution in [0.5, 0.6) is 0 Å². The Labute approximate surface area is 565 Å². The minimum Gasteiger partial charge on any atom is -0.469 e. The number of hydrogen-bond donors (Lipinski definition) is 4. The summed E-state index contributed by atoms with van der Waals surface area (Å²) in [5, 5.41) is 42.1. The Morgan fingerprint density at radius 1 is 0.844 bits per heavy atom. The topological polar surface area (TPSA) is 181 Å². The van der Waals surface area contributed by atoms with Crippen LogP contribution in [-0.4, -0.2) is 106 Å². The van der Waals surface area contributed by atoms with Crippen LogP contribution in [0, 0.1) is 133 Å². The van der Waals surface area contributed by atoms with Crippen molar-refractivity contribution in [1.82, 2.24) is 10.2 Å². The second-order valence-corrected chi connectivity index (χ2v) is 37.0. The van der Waals surface area contributed by atoms with Crippen LogP contribution in [0.1, 0.15) is 171 Å². The summed E-state index contributed by atoms with van der Waals surface area (Å²) in [7, 11) is 0. The summed E-state index contributed by atoms with van der Waals surface area (Å²) in [5.41, 5.74) is -3.14. The molecule has 96 heavy (non-hydrogen) atoms. The third-order valence-corrected chi connectivity index (χ3v) is 34.4. The SMILES string of the molecule is C[C@@]12C[C@@H]3C[C@@]45CC6(CCCC6)C[C@@H]4CC4=C[C@@H]6[C@@]78C=C[C@H]9CCCC[C@H]9[C@H]7CC=C7C=C[C@H](C[C@H]78)[C@]67O[C@]46[C@H]5C(=O)OC[C@@]64[C@@H]7C(=O)[C@@H](O)[C@]([C@H]5CCC[C@@H](Cc6ccccc6)C5)([C@H]34)[C@]13O[C@@H]3C(=O)O[C@H]2c1ccoc1C[C@@H]([C@H]1CC[C@H]2[C@H](C=CN3CNC[C@@H]23)C1)[C@H](O)CO. The monoisotopic (exact) mass is 1300 g/mol. The van der Waals surface area contributed by atoms with Crippen LogP contribution in [0.15, 0.2) is 107 Å². The van der Waals surface area contributed by atoms with Crippen molar-refractivity contribution >= 4 is 17.7 Å². The lowest BCUT2D eigenvalue weighted by molar-refractivity contribution is -0.301. The van der Waals surface area contributed by atoms with Crippen molar-refractivity contribution in [2.45, 2.75) is 208 Å². The van der Waals surface area contributed by atoms with E-state index in [1.807, 2.05) is 6.07 Å².